The standard InChI is InChI=1S/C10H18N2O5S/c11-18(14,15)8-2-1-3-12(6-8)10(13)9-7-16-4-5-17-9/h8-9H,1-7H2,(H2,11,14,15). The number of ether oxygens (including phenoxy) is 2. The van der Waals surface area contributed by atoms with Crippen molar-refractivity contribution < 1.29 is 22.7 Å². The molecule has 2 rings (SSSR count). The van der Waals surface area contributed by atoms with Crippen LogP contribution in [0, 0.1) is 0 Å². The average molecular weight is 278 g/mol. The molecular weight excluding hydrogens is 260 g/mol. The van der Waals surface area contributed by atoms with E-state index in [1.165, 1.54) is 4.90 Å². The molecule has 2 fully saturated rings. The smallest absolute Gasteiger partial charge is 0.254 e. The summed E-state index contributed by atoms with van der Waals surface area (Å²) in [7, 11) is -3.59. The molecule has 104 valence electrons. The zero-order valence-corrected chi connectivity index (χ0v) is 10.9. The maximum atomic E-state index is 12.1. The number of piperidine rings is 1. The first-order chi connectivity index (χ1) is 8.48. The number of amides is 1. The summed E-state index contributed by atoms with van der Waals surface area (Å²) in [6, 6.07) is 0. The number of primary sulfonamides is 1. The van der Waals surface area contributed by atoms with Crippen LogP contribution < -0.4 is 5.14 Å². The quantitative estimate of drug-likeness (QED) is 0.675. The highest BCUT2D eigenvalue weighted by Gasteiger charge is 2.34. The van der Waals surface area contributed by atoms with Crippen molar-refractivity contribution in [2.24, 2.45) is 5.14 Å². The summed E-state index contributed by atoms with van der Waals surface area (Å²) in [5.74, 6) is -0.206. The zero-order chi connectivity index (χ0) is 13.2. The number of carbonyl (C=O) groups is 1. The van der Waals surface area contributed by atoms with E-state index in [9.17, 15) is 13.2 Å². The predicted octanol–water partition coefficient (Wildman–Crippen LogP) is -1.32. The maximum Gasteiger partial charge on any atom is 0.254 e. The molecule has 8 heteroatoms. The number of sulfonamides is 1. The van der Waals surface area contributed by atoms with Gasteiger partial charge in [-0.15, -0.1) is 0 Å². The van der Waals surface area contributed by atoms with Gasteiger partial charge in [-0.3, -0.25) is 4.79 Å². The molecule has 2 unspecified atom stereocenters. The van der Waals surface area contributed by atoms with Gasteiger partial charge >= 0.3 is 0 Å². The first kappa shape index (κ1) is 13.7. The summed E-state index contributed by atoms with van der Waals surface area (Å²) in [5, 5.41) is 4.46. The topological polar surface area (TPSA) is 98.9 Å². The Morgan fingerprint density at radius 3 is 2.72 bits per heavy atom. The first-order valence-electron chi connectivity index (χ1n) is 5.98. The van der Waals surface area contributed by atoms with Crippen LogP contribution in [0.2, 0.25) is 0 Å². The van der Waals surface area contributed by atoms with Gasteiger partial charge in [0.15, 0.2) is 6.10 Å². The number of likely N-dealkylation sites (tertiary alicyclic amines) is 1. The van der Waals surface area contributed by atoms with Crippen molar-refractivity contribution in [2.45, 2.75) is 24.2 Å². The summed E-state index contributed by atoms with van der Waals surface area (Å²) in [6.45, 7) is 1.81. The third-order valence-electron chi connectivity index (χ3n) is 3.25. The minimum atomic E-state index is -3.59. The predicted molar refractivity (Wildman–Crippen MR) is 63.3 cm³/mol. The SMILES string of the molecule is NS(=O)(=O)C1CCCN(C(=O)C2COCCO2)C1. The van der Waals surface area contributed by atoms with Crippen LogP contribution in [-0.4, -0.2) is 63.5 Å². The molecule has 2 N–H and O–H groups in total. The highest BCUT2D eigenvalue weighted by atomic mass is 32.2. The number of hydrogen-bond donors (Lipinski definition) is 1. The second-order valence-corrected chi connectivity index (χ2v) is 6.42. The number of nitrogens with zero attached hydrogens (tertiary/aromatic N) is 1. The van der Waals surface area contributed by atoms with E-state index in [1.54, 1.807) is 0 Å². The van der Waals surface area contributed by atoms with Gasteiger partial charge in [-0.25, -0.2) is 13.6 Å². The van der Waals surface area contributed by atoms with Crippen molar-refractivity contribution >= 4 is 15.9 Å². The van der Waals surface area contributed by atoms with Gasteiger partial charge in [-0.2, -0.15) is 0 Å². The van der Waals surface area contributed by atoms with Crippen LogP contribution in [-0.2, 0) is 24.3 Å². The second kappa shape index (κ2) is 5.52. The van der Waals surface area contributed by atoms with Crippen molar-refractivity contribution in [2.75, 3.05) is 32.9 Å². The van der Waals surface area contributed by atoms with Gasteiger partial charge in [0, 0.05) is 13.1 Å². The Morgan fingerprint density at radius 1 is 1.33 bits per heavy atom. The highest BCUT2D eigenvalue weighted by molar-refractivity contribution is 7.89. The number of carbonyl (C=O) groups excluding carboxylic acids is 1. The molecular formula is C10H18N2O5S. The van der Waals surface area contributed by atoms with Crippen LogP contribution in [0.15, 0.2) is 0 Å². The van der Waals surface area contributed by atoms with Crippen LogP contribution >= 0.6 is 0 Å². The normalized spacial score (nSPS) is 30.2. The Morgan fingerprint density at radius 2 is 2.11 bits per heavy atom. The third-order valence-corrected chi connectivity index (χ3v) is 4.56. The molecule has 2 heterocycles. The third kappa shape index (κ3) is 3.19. The largest absolute Gasteiger partial charge is 0.376 e. The van der Waals surface area contributed by atoms with E-state index in [-0.39, 0.29) is 19.1 Å². The lowest BCUT2D eigenvalue weighted by atomic mass is 10.1. The fourth-order valence-corrected chi connectivity index (χ4v) is 3.12. The van der Waals surface area contributed by atoms with Crippen molar-refractivity contribution in [3.05, 3.63) is 0 Å². The maximum absolute atomic E-state index is 12.1. The number of rotatable bonds is 2. The number of nitrogens with two attached hydrogens (primary N) is 1. The molecule has 0 aromatic heterocycles. The van der Waals surface area contributed by atoms with Gasteiger partial charge in [0.25, 0.3) is 5.91 Å². The van der Waals surface area contributed by atoms with Crippen LogP contribution in [0.25, 0.3) is 0 Å². The van der Waals surface area contributed by atoms with Crippen molar-refractivity contribution in [3.8, 4) is 0 Å². The van der Waals surface area contributed by atoms with Crippen LogP contribution in [0.5, 0.6) is 0 Å². The molecule has 1 amide bonds. The minimum absolute atomic E-state index is 0.150. The Kier molecular flexibility index (Phi) is 4.21. The monoisotopic (exact) mass is 278 g/mol. The van der Waals surface area contributed by atoms with E-state index in [2.05, 4.69) is 0 Å². The molecule has 0 spiro atoms. The molecule has 2 aliphatic heterocycles. The van der Waals surface area contributed by atoms with Gasteiger partial charge in [0.05, 0.1) is 25.1 Å². The van der Waals surface area contributed by atoms with Gasteiger partial charge in [0.2, 0.25) is 10.0 Å². The summed E-state index contributed by atoms with van der Waals surface area (Å²) in [4.78, 5) is 13.6. The lowest BCUT2D eigenvalue weighted by Crippen LogP contribution is -2.52. The van der Waals surface area contributed by atoms with Crippen molar-refractivity contribution in [1.29, 1.82) is 0 Å². The van der Waals surface area contributed by atoms with E-state index in [1.807, 2.05) is 0 Å². The average Bonchev–Trinajstić information content (AvgIpc) is 2.38. The summed E-state index contributed by atoms with van der Waals surface area (Å²) >= 11 is 0. The molecule has 2 aliphatic rings. The van der Waals surface area contributed by atoms with Gasteiger partial charge in [0.1, 0.15) is 0 Å². The van der Waals surface area contributed by atoms with E-state index in [0.717, 1.165) is 0 Å². The molecule has 2 atom stereocenters. The Bertz CT molecular complexity index is 404. The molecule has 0 bridgehead atoms. The Labute approximate surface area is 106 Å². The highest BCUT2D eigenvalue weighted by Crippen LogP contribution is 2.17. The second-order valence-electron chi connectivity index (χ2n) is 4.57. The molecule has 0 radical (unpaired) electrons. The molecule has 0 aromatic carbocycles. The summed E-state index contributed by atoms with van der Waals surface area (Å²) in [6.07, 6.45) is 0.531. The minimum Gasteiger partial charge on any atom is -0.376 e. The molecule has 18 heavy (non-hydrogen) atoms. The molecule has 7 nitrogen and oxygen atoms in total. The Hall–Kier alpha value is -0.700. The lowest BCUT2D eigenvalue weighted by molar-refractivity contribution is -0.158. The van der Waals surface area contributed by atoms with Crippen molar-refractivity contribution in [3.63, 3.8) is 0 Å². The van der Waals surface area contributed by atoms with E-state index >= 15 is 0 Å². The van der Waals surface area contributed by atoms with E-state index < -0.39 is 21.4 Å². The molecule has 0 aromatic rings. The first-order valence-corrected chi connectivity index (χ1v) is 7.59. The fourth-order valence-electron chi connectivity index (χ4n) is 2.24. The van der Waals surface area contributed by atoms with Crippen molar-refractivity contribution in [1.82, 2.24) is 4.90 Å². The zero-order valence-electron chi connectivity index (χ0n) is 10.1. The fraction of sp³-hybridized carbons (Fsp3) is 0.900. The Balaban J connectivity index is 1.97. The van der Waals surface area contributed by atoms with E-state index in [4.69, 9.17) is 14.6 Å². The summed E-state index contributed by atoms with van der Waals surface area (Å²) in [5.41, 5.74) is 0. The van der Waals surface area contributed by atoms with Gasteiger partial charge in [-0.1, -0.05) is 0 Å². The van der Waals surface area contributed by atoms with Crippen LogP contribution in [0.3, 0.4) is 0 Å². The lowest BCUT2D eigenvalue weighted by Gasteiger charge is -2.34. The molecule has 2 saturated heterocycles. The number of hydrogen-bond acceptors (Lipinski definition) is 5. The van der Waals surface area contributed by atoms with Gasteiger partial charge < -0.3 is 14.4 Å². The van der Waals surface area contributed by atoms with E-state index in [0.29, 0.717) is 32.6 Å². The van der Waals surface area contributed by atoms with Crippen LogP contribution in [0.4, 0.5) is 0 Å². The molecule has 0 saturated carbocycles. The van der Waals surface area contributed by atoms with Crippen LogP contribution in [0.1, 0.15) is 12.8 Å². The van der Waals surface area contributed by atoms with Gasteiger partial charge in [-0.05, 0) is 12.8 Å². The summed E-state index contributed by atoms with van der Waals surface area (Å²) < 4.78 is 33.1. The molecule has 0 aliphatic carbocycles.